The highest BCUT2D eigenvalue weighted by Crippen LogP contribution is 2.19. The number of halogens is 1. The second kappa shape index (κ2) is 8.20. The Labute approximate surface area is 155 Å². The van der Waals surface area contributed by atoms with E-state index in [1.54, 1.807) is 17.0 Å². The monoisotopic (exact) mass is 375 g/mol. The van der Waals surface area contributed by atoms with Crippen LogP contribution in [0.2, 0.25) is 0 Å². The van der Waals surface area contributed by atoms with E-state index in [1.165, 1.54) is 25.4 Å². The van der Waals surface area contributed by atoms with Crippen LogP contribution < -0.4 is 16.0 Å². The molecule has 1 N–H and O–H groups in total. The molecule has 1 atom stereocenters. The van der Waals surface area contributed by atoms with Gasteiger partial charge < -0.3 is 14.6 Å². The molecule has 1 amide bonds. The molecule has 1 saturated heterocycles. The number of rotatable bonds is 5. The highest BCUT2D eigenvalue weighted by atomic mass is 19.1. The molecule has 1 aromatic heterocycles. The minimum absolute atomic E-state index is 0.0466. The van der Waals surface area contributed by atoms with Crippen LogP contribution in [0.25, 0.3) is 0 Å². The Bertz CT molecular complexity index is 920. The Morgan fingerprint density at radius 3 is 2.78 bits per heavy atom. The standard InChI is InChI=1S/C19H22FN3O4/c1-22-18(25)14(10-21-19(22)26)9-17(24)23-8-2-3-13(11-23)12-27-16-6-4-15(20)5-7-16/h4-7,10,13H,2-3,8-9,11-12H2,1H3,(H,21,26)/t13-/m1/s1. The van der Waals surface area contributed by atoms with Crippen molar-refractivity contribution >= 4 is 5.91 Å². The third-order valence-electron chi connectivity index (χ3n) is 4.77. The lowest BCUT2D eigenvalue weighted by atomic mass is 9.98. The van der Waals surface area contributed by atoms with E-state index in [2.05, 4.69) is 4.98 Å². The van der Waals surface area contributed by atoms with Crippen LogP contribution in [0.4, 0.5) is 4.39 Å². The van der Waals surface area contributed by atoms with Gasteiger partial charge in [0.25, 0.3) is 5.56 Å². The lowest BCUT2D eigenvalue weighted by Gasteiger charge is -2.32. The Morgan fingerprint density at radius 2 is 2.04 bits per heavy atom. The Hall–Kier alpha value is -2.90. The number of hydrogen-bond acceptors (Lipinski definition) is 4. The topological polar surface area (TPSA) is 84.4 Å². The molecule has 3 rings (SSSR count). The van der Waals surface area contributed by atoms with Gasteiger partial charge in [-0.1, -0.05) is 0 Å². The first-order valence-electron chi connectivity index (χ1n) is 8.88. The molecule has 2 aromatic rings. The van der Waals surface area contributed by atoms with Gasteiger partial charge in [-0.25, -0.2) is 9.18 Å². The number of H-pyrrole nitrogens is 1. The van der Waals surface area contributed by atoms with Gasteiger partial charge in [-0.2, -0.15) is 0 Å². The summed E-state index contributed by atoms with van der Waals surface area (Å²) in [6.07, 6.45) is 3.05. The maximum absolute atomic E-state index is 12.9. The van der Waals surface area contributed by atoms with E-state index in [0.29, 0.717) is 25.4 Å². The van der Waals surface area contributed by atoms with Gasteiger partial charge in [0.15, 0.2) is 0 Å². The van der Waals surface area contributed by atoms with Gasteiger partial charge in [0.2, 0.25) is 5.91 Å². The number of aromatic amines is 1. The third-order valence-corrected chi connectivity index (χ3v) is 4.77. The second-order valence-corrected chi connectivity index (χ2v) is 6.77. The number of amides is 1. The van der Waals surface area contributed by atoms with E-state index in [9.17, 15) is 18.8 Å². The van der Waals surface area contributed by atoms with Crippen LogP contribution in [0, 0.1) is 11.7 Å². The number of benzene rings is 1. The number of aromatic nitrogens is 2. The van der Waals surface area contributed by atoms with Crippen molar-refractivity contribution in [2.45, 2.75) is 19.3 Å². The van der Waals surface area contributed by atoms with Crippen LogP contribution in [-0.2, 0) is 18.3 Å². The average molecular weight is 375 g/mol. The molecule has 8 heteroatoms. The minimum Gasteiger partial charge on any atom is -0.493 e. The second-order valence-electron chi connectivity index (χ2n) is 6.77. The first-order valence-corrected chi connectivity index (χ1v) is 8.88. The molecule has 0 bridgehead atoms. The Balaban J connectivity index is 1.58. The summed E-state index contributed by atoms with van der Waals surface area (Å²) in [5.74, 6) is 0.304. The molecule has 2 heterocycles. The molecular weight excluding hydrogens is 353 g/mol. The molecule has 1 aliphatic heterocycles. The van der Waals surface area contributed by atoms with Crippen LogP contribution in [0.15, 0.2) is 40.1 Å². The van der Waals surface area contributed by atoms with Crippen LogP contribution in [0.1, 0.15) is 18.4 Å². The van der Waals surface area contributed by atoms with Crippen molar-refractivity contribution < 1.29 is 13.9 Å². The summed E-state index contributed by atoms with van der Waals surface area (Å²) in [4.78, 5) is 40.3. The van der Waals surface area contributed by atoms with Crippen molar-refractivity contribution in [2.24, 2.45) is 13.0 Å². The van der Waals surface area contributed by atoms with Gasteiger partial charge in [0.05, 0.1) is 13.0 Å². The van der Waals surface area contributed by atoms with E-state index >= 15 is 0 Å². The maximum Gasteiger partial charge on any atom is 0.328 e. The zero-order valence-electron chi connectivity index (χ0n) is 15.1. The van der Waals surface area contributed by atoms with Crippen LogP contribution in [0.3, 0.4) is 0 Å². The molecule has 0 saturated carbocycles. The fraction of sp³-hybridized carbons (Fsp3) is 0.421. The van der Waals surface area contributed by atoms with Crippen molar-refractivity contribution in [2.75, 3.05) is 19.7 Å². The Kier molecular flexibility index (Phi) is 5.73. The van der Waals surface area contributed by atoms with Crippen molar-refractivity contribution in [1.82, 2.24) is 14.5 Å². The van der Waals surface area contributed by atoms with Crippen molar-refractivity contribution in [3.05, 3.63) is 62.7 Å². The number of carbonyl (C=O) groups excluding carboxylic acids is 1. The maximum atomic E-state index is 12.9. The highest BCUT2D eigenvalue weighted by Gasteiger charge is 2.25. The summed E-state index contributed by atoms with van der Waals surface area (Å²) in [5, 5.41) is 0. The number of nitrogens with zero attached hydrogens (tertiary/aromatic N) is 2. The van der Waals surface area contributed by atoms with E-state index in [-0.39, 0.29) is 29.6 Å². The quantitative estimate of drug-likeness (QED) is 0.847. The smallest absolute Gasteiger partial charge is 0.328 e. The van der Waals surface area contributed by atoms with E-state index in [4.69, 9.17) is 4.74 Å². The normalized spacial score (nSPS) is 17.0. The largest absolute Gasteiger partial charge is 0.493 e. The van der Waals surface area contributed by atoms with E-state index in [0.717, 1.165) is 17.4 Å². The van der Waals surface area contributed by atoms with Gasteiger partial charge in [0, 0.05) is 37.8 Å². The van der Waals surface area contributed by atoms with Crippen LogP contribution >= 0.6 is 0 Å². The van der Waals surface area contributed by atoms with Gasteiger partial charge in [0.1, 0.15) is 11.6 Å². The van der Waals surface area contributed by atoms with E-state index in [1.807, 2.05) is 0 Å². The predicted molar refractivity (Wildman–Crippen MR) is 97.2 cm³/mol. The van der Waals surface area contributed by atoms with E-state index < -0.39 is 11.2 Å². The molecule has 1 aromatic carbocycles. The minimum atomic E-state index is -0.507. The summed E-state index contributed by atoms with van der Waals surface area (Å²) in [6.45, 7) is 1.62. The zero-order chi connectivity index (χ0) is 19.4. The third kappa shape index (κ3) is 4.64. The molecule has 144 valence electrons. The molecule has 0 unspecified atom stereocenters. The summed E-state index contributed by atoms with van der Waals surface area (Å²) in [6, 6.07) is 5.84. The van der Waals surface area contributed by atoms with Gasteiger partial charge in [-0.3, -0.25) is 14.2 Å². The molecule has 1 fully saturated rings. The van der Waals surface area contributed by atoms with Gasteiger partial charge in [-0.15, -0.1) is 0 Å². The number of ether oxygens (including phenoxy) is 1. The molecule has 0 spiro atoms. The molecule has 0 aliphatic carbocycles. The van der Waals surface area contributed by atoms with Gasteiger partial charge in [-0.05, 0) is 37.1 Å². The van der Waals surface area contributed by atoms with Crippen LogP contribution in [0.5, 0.6) is 5.75 Å². The average Bonchev–Trinajstić information content (AvgIpc) is 2.68. The SMILES string of the molecule is Cn1c(=O)[nH]cc(CC(=O)N2CCC[C@@H](COc3ccc(F)cc3)C2)c1=O. The number of hydrogen-bond donors (Lipinski definition) is 1. The van der Waals surface area contributed by atoms with Crippen molar-refractivity contribution in [1.29, 1.82) is 0 Å². The summed E-state index contributed by atoms with van der Waals surface area (Å²) >= 11 is 0. The lowest BCUT2D eigenvalue weighted by molar-refractivity contribution is -0.132. The summed E-state index contributed by atoms with van der Waals surface area (Å²) in [5.41, 5.74) is -0.695. The Morgan fingerprint density at radius 1 is 1.30 bits per heavy atom. The lowest BCUT2D eigenvalue weighted by Crippen LogP contribution is -2.43. The van der Waals surface area contributed by atoms with Crippen molar-refractivity contribution in [3.63, 3.8) is 0 Å². The van der Waals surface area contributed by atoms with Gasteiger partial charge >= 0.3 is 5.69 Å². The van der Waals surface area contributed by atoms with Crippen LogP contribution in [-0.4, -0.2) is 40.1 Å². The summed E-state index contributed by atoms with van der Waals surface area (Å²) < 4.78 is 19.6. The zero-order valence-corrected chi connectivity index (χ0v) is 15.1. The summed E-state index contributed by atoms with van der Waals surface area (Å²) in [7, 11) is 1.37. The predicted octanol–water partition coefficient (Wildman–Crippen LogP) is 1.07. The number of nitrogens with one attached hydrogen (secondary N) is 1. The number of likely N-dealkylation sites (tertiary alicyclic amines) is 1. The first-order chi connectivity index (χ1) is 12.9. The molecule has 0 radical (unpaired) electrons. The molecule has 27 heavy (non-hydrogen) atoms. The number of carbonyl (C=O) groups is 1. The fourth-order valence-corrected chi connectivity index (χ4v) is 3.19. The fourth-order valence-electron chi connectivity index (χ4n) is 3.19. The molecular formula is C19H22FN3O4. The van der Waals surface area contributed by atoms with Crippen molar-refractivity contribution in [3.8, 4) is 5.75 Å². The molecule has 1 aliphatic rings. The highest BCUT2D eigenvalue weighted by molar-refractivity contribution is 5.78. The number of piperidine rings is 1. The first kappa shape index (κ1) is 18.9. The molecule has 7 nitrogen and oxygen atoms in total.